The maximum Gasteiger partial charge on any atom is 0.303 e. The van der Waals surface area contributed by atoms with Gasteiger partial charge in [0, 0.05) is 54.9 Å². The average molecular weight is 807 g/mol. The van der Waals surface area contributed by atoms with E-state index >= 15 is 0 Å². The predicted octanol–water partition coefficient (Wildman–Crippen LogP) is 1.97. The Hall–Kier alpha value is -1.61. The zero-order valence-electron chi connectivity index (χ0n) is 30.1. The second-order valence-corrected chi connectivity index (χ2v) is 15.9. The highest BCUT2D eigenvalue weighted by Gasteiger charge is 2.71. The normalized spacial score (nSPS) is 41.1. The standard InChI is InChI=1S/C32H46Cl3NO16/c1-14(37)44-13-17-19(45-15(2)38)20(46-16(3)39)18(36-28(40)32(33,34)35)27(47-17)48-22-25-23(49-29(4,5)50-25)21(41-6)24-26(22)52-31(43-8)12-10-9-11-30(31,42-7)51-24/h17-27H,9-13H2,1-8H3,(H,36,40)/t17-,18-,19+,20-,21-,22+,23-,24+,25+,26+,27+,30?,31?/m1/s1. The van der Waals surface area contributed by atoms with Crippen LogP contribution < -0.4 is 5.32 Å². The van der Waals surface area contributed by atoms with E-state index in [2.05, 4.69) is 5.32 Å². The van der Waals surface area contributed by atoms with Crippen LogP contribution in [-0.4, -0.2) is 140 Å². The highest BCUT2D eigenvalue weighted by atomic mass is 35.6. The molecule has 0 spiro atoms. The molecule has 52 heavy (non-hydrogen) atoms. The number of halogens is 3. The molecule has 0 radical (unpaired) electrons. The summed E-state index contributed by atoms with van der Waals surface area (Å²) in [5.74, 6) is -7.37. The lowest BCUT2D eigenvalue weighted by atomic mass is 9.79. The van der Waals surface area contributed by atoms with E-state index < -0.39 is 119 Å². The van der Waals surface area contributed by atoms with Crippen molar-refractivity contribution in [2.75, 3.05) is 27.9 Å². The zero-order chi connectivity index (χ0) is 38.4. The number of nitrogens with one attached hydrogen (secondary N) is 1. The van der Waals surface area contributed by atoms with Gasteiger partial charge in [0.1, 0.15) is 55.4 Å². The van der Waals surface area contributed by atoms with Gasteiger partial charge in [0.25, 0.3) is 9.70 Å². The van der Waals surface area contributed by atoms with Gasteiger partial charge in [0.15, 0.2) is 24.3 Å². The summed E-state index contributed by atoms with van der Waals surface area (Å²) in [6, 6.07) is -1.52. The van der Waals surface area contributed by atoms with Gasteiger partial charge in [-0.25, -0.2) is 0 Å². The van der Waals surface area contributed by atoms with E-state index in [1.54, 1.807) is 13.8 Å². The Morgan fingerprint density at radius 2 is 1.23 bits per heavy atom. The third kappa shape index (κ3) is 8.16. The molecular weight excluding hydrogens is 761 g/mol. The lowest BCUT2D eigenvalue weighted by Gasteiger charge is -2.61. The minimum atomic E-state index is -2.51. The molecule has 1 amide bonds. The van der Waals surface area contributed by atoms with Crippen LogP contribution in [0.5, 0.6) is 0 Å². The van der Waals surface area contributed by atoms with Gasteiger partial charge in [0.2, 0.25) is 11.6 Å². The van der Waals surface area contributed by atoms with Crippen molar-refractivity contribution in [3.05, 3.63) is 0 Å². The number of carbonyl (C=O) groups excluding carboxylic acids is 4. The van der Waals surface area contributed by atoms with Crippen molar-refractivity contribution in [1.82, 2.24) is 5.32 Å². The third-order valence-electron chi connectivity index (χ3n) is 9.76. The number of amides is 1. The van der Waals surface area contributed by atoms with Gasteiger partial charge in [-0.3, -0.25) is 19.2 Å². The molecule has 3 saturated heterocycles. The van der Waals surface area contributed by atoms with Crippen LogP contribution in [-0.2, 0) is 76.0 Å². The highest BCUT2D eigenvalue weighted by molar-refractivity contribution is 6.76. The molecule has 3 heterocycles. The van der Waals surface area contributed by atoms with E-state index in [1.807, 2.05) is 0 Å². The molecular formula is C32H46Cl3NO16. The Balaban J connectivity index is 1.62. The fourth-order valence-electron chi connectivity index (χ4n) is 7.77. The number of hydrogen-bond donors (Lipinski definition) is 1. The number of ether oxygens (including phenoxy) is 12. The third-order valence-corrected chi connectivity index (χ3v) is 10.3. The quantitative estimate of drug-likeness (QED) is 0.191. The van der Waals surface area contributed by atoms with Crippen molar-refractivity contribution >= 4 is 58.6 Å². The van der Waals surface area contributed by atoms with Crippen LogP contribution in [0, 0.1) is 0 Å². The Kier molecular flexibility index (Phi) is 12.7. The summed E-state index contributed by atoms with van der Waals surface area (Å²) in [5.41, 5.74) is 0. The molecule has 0 aromatic heterocycles. The van der Waals surface area contributed by atoms with Crippen molar-refractivity contribution in [1.29, 1.82) is 0 Å². The molecule has 3 aliphatic heterocycles. The first-order valence-electron chi connectivity index (χ1n) is 16.8. The summed E-state index contributed by atoms with van der Waals surface area (Å²) >= 11 is 17.9. The molecule has 2 saturated carbocycles. The number of rotatable bonds is 10. The molecule has 2 aliphatic carbocycles. The molecule has 20 heteroatoms. The summed E-state index contributed by atoms with van der Waals surface area (Å²) in [5, 5.41) is 2.52. The Morgan fingerprint density at radius 1 is 0.731 bits per heavy atom. The van der Waals surface area contributed by atoms with Crippen LogP contribution in [0.2, 0.25) is 0 Å². The summed E-state index contributed by atoms with van der Waals surface area (Å²) in [6.45, 7) is 6.31. The van der Waals surface area contributed by atoms with E-state index in [1.165, 1.54) is 21.3 Å². The van der Waals surface area contributed by atoms with Gasteiger partial charge < -0.3 is 62.2 Å². The monoisotopic (exact) mass is 805 g/mol. The molecule has 0 aromatic rings. The van der Waals surface area contributed by atoms with Crippen molar-refractivity contribution in [2.45, 2.75) is 149 Å². The van der Waals surface area contributed by atoms with Crippen LogP contribution in [0.1, 0.15) is 60.3 Å². The number of methoxy groups -OCH3 is 3. The Labute approximate surface area is 315 Å². The van der Waals surface area contributed by atoms with E-state index in [0.29, 0.717) is 12.8 Å². The molecule has 0 bridgehead atoms. The maximum absolute atomic E-state index is 13.2. The fourth-order valence-corrected chi connectivity index (χ4v) is 7.93. The van der Waals surface area contributed by atoms with E-state index in [-0.39, 0.29) is 0 Å². The van der Waals surface area contributed by atoms with E-state index in [0.717, 1.165) is 33.6 Å². The highest BCUT2D eigenvalue weighted by Crippen LogP contribution is 2.54. The van der Waals surface area contributed by atoms with Crippen molar-refractivity contribution in [3.63, 3.8) is 0 Å². The fraction of sp³-hybridized carbons (Fsp3) is 0.875. The number of fused-ring (bicyclic) bond motifs is 3. The second-order valence-electron chi connectivity index (χ2n) is 13.6. The average Bonchev–Trinajstić information content (AvgIpc) is 3.38. The van der Waals surface area contributed by atoms with Crippen molar-refractivity contribution in [2.24, 2.45) is 0 Å². The number of esters is 3. The van der Waals surface area contributed by atoms with Crippen LogP contribution in [0.25, 0.3) is 0 Å². The summed E-state index contributed by atoms with van der Waals surface area (Å²) in [7, 11) is 4.50. The first-order chi connectivity index (χ1) is 24.3. The molecule has 5 rings (SSSR count). The lowest BCUT2D eigenvalue weighted by molar-refractivity contribution is -0.491. The molecule has 0 aromatic carbocycles. The minimum absolute atomic E-state index is 0.396. The molecule has 13 atom stereocenters. The first kappa shape index (κ1) is 41.6. The largest absolute Gasteiger partial charge is 0.463 e. The van der Waals surface area contributed by atoms with Crippen LogP contribution in [0.15, 0.2) is 0 Å². The maximum atomic E-state index is 13.2. The van der Waals surface area contributed by atoms with Gasteiger partial charge >= 0.3 is 17.9 Å². The number of hydrogen-bond acceptors (Lipinski definition) is 16. The zero-order valence-corrected chi connectivity index (χ0v) is 32.3. The van der Waals surface area contributed by atoms with E-state index in [4.69, 9.17) is 91.6 Å². The van der Waals surface area contributed by atoms with Gasteiger partial charge in [-0.2, -0.15) is 0 Å². The first-order valence-corrected chi connectivity index (χ1v) is 17.9. The topological polar surface area (TPSA) is 191 Å². The smallest absolute Gasteiger partial charge is 0.303 e. The number of carbonyl (C=O) groups is 4. The minimum Gasteiger partial charge on any atom is -0.463 e. The van der Waals surface area contributed by atoms with Gasteiger partial charge in [-0.1, -0.05) is 34.8 Å². The summed E-state index contributed by atoms with van der Waals surface area (Å²) < 4.78 is 71.6. The summed E-state index contributed by atoms with van der Waals surface area (Å²) in [4.78, 5) is 50.0. The molecule has 5 fully saturated rings. The van der Waals surface area contributed by atoms with Crippen molar-refractivity contribution < 1.29 is 76.0 Å². The van der Waals surface area contributed by atoms with Crippen molar-refractivity contribution in [3.8, 4) is 0 Å². The molecule has 17 nitrogen and oxygen atoms in total. The predicted molar refractivity (Wildman–Crippen MR) is 176 cm³/mol. The van der Waals surface area contributed by atoms with Gasteiger partial charge in [-0.15, -0.1) is 0 Å². The Bertz CT molecular complexity index is 1350. The lowest BCUT2D eigenvalue weighted by Crippen LogP contribution is -2.77. The van der Waals surface area contributed by atoms with Gasteiger partial charge in [0.05, 0.1) is 0 Å². The molecule has 5 aliphatic rings. The van der Waals surface area contributed by atoms with Crippen LogP contribution in [0.3, 0.4) is 0 Å². The molecule has 296 valence electrons. The number of alkyl halides is 3. The molecule has 2 unspecified atom stereocenters. The van der Waals surface area contributed by atoms with Crippen LogP contribution >= 0.6 is 34.8 Å². The van der Waals surface area contributed by atoms with Crippen LogP contribution in [0.4, 0.5) is 0 Å². The van der Waals surface area contributed by atoms with Gasteiger partial charge in [-0.05, 0) is 26.7 Å². The SMILES string of the molecule is CO[C@@H]1[C@H]2OC(C)(C)O[C@H]2[C@H](O[C@@H]2O[C@H](COC(C)=O)[C@H](OC(C)=O)[C@H](OC(C)=O)[C@H]2NC(=O)C(Cl)(Cl)Cl)[C@@H]2OC3(OC)CCCCC3(OC)O[C@@H]12. The summed E-state index contributed by atoms with van der Waals surface area (Å²) in [6.07, 6.45) is -9.22. The second kappa shape index (κ2) is 15.9. The molecule has 1 N–H and O–H groups in total. The Morgan fingerprint density at radius 3 is 1.71 bits per heavy atom. The van der Waals surface area contributed by atoms with E-state index in [9.17, 15) is 19.2 Å².